The first-order valence-electron chi connectivity index (χ1n) is 6.94. The van der Waals surface area contributed by atoms with E-state index in [1.807, 2.05) is 30.3 Å². The molecule has 1 amide bonds. The molecule has 0 spiro atoms. The molecule has 0 aliphatic carbocycles. The molecule has 1 aromatic rings. The van der Waals surface area contributed by atoms with E-state index < -0.39 is 0 Å². The van der Waals surface area contributed by atoms with Crippen LogP contribution in [0, 0.1) is 5.92 Å². The predicted molar refractivity (Wildman–Crippen MR) is 76.0 cm³/mol. The van der Waals surface area contributed by atoms with Crippen LogP contribution in [0.5, 0.6) is 0 Å². The fourth-order valence-electron chi connectivity index (χ4n) is 2.63. The molecule has 0 N–H and O–H groups in total. The van der Waals surface area contributed by atoms with Crippen LogP contribution in [-0.4, -0.2) is 29.7 Å². The molecule has 2 aliphatic rings. The zero-order valence-electron chi connectivity index (χ0n) is 11.2. The monoisotopic (exact) mass is 257 g/mol. The first-order chi connectivity index (χ1) is 9.24. The van der Waals surface area contributed by atoms with E-state index in [0.717, 1.165) is 30.5 Å². The number of amides is 1. The standard InChI is InChI=1S/C15H19N3O/c1-12-7-9-17(10-8-12)14-11-15(19)18(16-14)13-5-3-2-4-6-13/h2-6,12H,7-11H2,1H3. The number of anilines is 1. The number of hydrogen-bond acceptors (Lipinski definition) is 3. The second-order valence-electron chi connectivity index (χ2n) is 5.40. The molecule has 4 heteroatoms. The third-order valence-electron chi connectivity index (χ3n) is 3.91. The number of benzene rings is 1. The van der Waals surface area contributed by atoms with E-state index in [0.29, 0.717) is 6.42 Å². The second kappa shape index (κ2) is 5.03. The number of rotatable bonds is 1. The number of amidine groups is 1. The van der Waals surface area contributed by atoms with E-state index in [1.54, 1.807) is 0 Å². The van der Waals surface area contributed by atoms with Crippen LogP contribution in [0.1, 0.15) is 26.2 Å². The van der Waals surface area contributed by atoms with Gasteiger partial charge in [0.25, 0.3) is 5.91 Å². The summed E-state index contributed by atoms with van der Waals surface area (Å²) >= 11 is 0. The number of carbonyl (C=O) groups excluding carboxylic acids is 1. The first kappa shape index (κ1) is 12.2. The highest BCUT2D eigenvalue weighted by molar-refractivity contribution is 6.12. The van der Waals surface area contributed by atoms with Crippen LogP contribution in [0.25, 0.3) is 0 Å². The fraction of sp³-hybridized carbons (Fsp3) is 0.467. The third-order valence-corrected chi connectivity index (χ3v) is 3.91. The van der Waals surface area contributed by atoms with E-state index in [4.69, 9.17) is 0 Å². The molecular weight excluding hydrogens is 238 g/mol. The van der Waals surface area contributed by atoms with E-state index in [9.17, 15) is 4.79 Å². The summed E-state index contributed by atoms with van der Waals surface area (Å²) in [6.07, 6.45) is 2.82. The number of para-hydroxylation sites is 1. The SMILES string of the molecule is CC1CCN(C2=NN(c3ccccc3)C(=O)C2)CC1. The van der Waals surface area contributed by atoms with Gasteiger partial charge in [0.1, 0.15) is 5.84 Å². The quantitative estimate of drug-likeness (QED) is 0.775. The van der Waals surface area contributed by atoms with Crippen molar-refractivity contribution in [3.8, 4) is 0 Å². The maximum absolute atomic E-state index is 12.1. The highest BCUT2D eigenvalue weighted by atomic mass is 16.2. The lowest BCUT2D eigenvalue weighted by Crippen LogP contribution is -2.37. The lowest BCUT2D eigenvalue weighted by atomic mass is 9.99. The van der Waals surface area contributed by atoms with Gasteiger partial charge in [-0.1, -0.05) is 25.1 Å². The van der Waals surface area contributed by atoms with Gasteiger partial charge in [-0.25, -0.2) is 0 Å². The zero-order chi connectivity index (χ0) is 13.2. The Morgan fingerprint density at radius 2 is 1.84 bits per heavy atom. The summed E-state index contributed by atoms with van der Waals surface area (Å²) in [7, 11) is 0. The molecule has 0 bridgehead atoms. The molecule has 2 aliphatic heterocycles. The van der Waals surface area contributed by atoms with Crippen LogP contribution in [0.4, 0.5) is 5.69 Å². The average molecular weight is 257 g/mol. The van der Waals surface area contributed by atoms with Crippen LogP contribution >= 0.6 is 0 Å². The van der Waals surface area contributed by atoms with Gasteiger partial charge in [0.15, 0.2) is 0 Å². The first-order valence-corrected chi connectivity index (χ1v) is 6.94. The van der Waals surface area contributed by atoms with Crippen molar-refractivity contribution in [2.75, 3.05) is 18.1 Å². The molecule has 100 valence electrons. The molecule has 0 unspecified atom stereocenters. The smallest absolute Gasteiger partial charge is 0.255 e. The van der Waals surface area contributed by atoms with Crippen molar-refractivity contribution < 1.29 is 4.79 Å². The van der Waals surface area contributed by atoms with Gasteiger partial charge < -0.3 is 4.90 Å². The minimum absolute atomic E-state index is 0.0693. The number of likely N-dealkylation sites (tertiary alicyclic amines) is 1. The maximum Gasteiger partial charge on any atom is 0.255 e. The molecule has 0 radical (unpaired) electrons. The van der Waals surface area contributed by atoms with Crippen LogP contribution in [0.2, 0.25) is 0 Å². The Balaban J connectivity index is 1.76. The van der Waals surface area contributed by atoms with Crippen molar-refractivity contribution >= 4 is 17.4 Å². The molecule has 2 heterocycles. The molecule has 19 heavy (non-hydrogen) atoms. The van der Waals surface area contributed by atoms with Gasteiger partial charge in [-0.3, -0.25) is 4.79 Å². The summed E-state index contributed by atoms with van der Waals surface area (Å²) in [4.78, 5) is 14.3. The summed E-state index contributed by atoms with van der Waals surface area (Å²) < 4.78 is 0. The Bertz CT molecular complexity index is 489. The Labute approximate surface area is 113 Å². The van der Waals surface area contributed by atoms with Crippen molar-refractivity contribution in [2.45, 2.75) is 26.2 Å². The normalized spacial score (nSPS) is 20.9. The van der Waals surface area contributed by atoms with E-state index in [1.165, 1.54) is 17.9 Å². The molecule has 3 rings (SSSR count). The number of hydrogen-bond donors (Lipinski definition) is 0. The lowest BCUT2D eigenvalue weighted by Gasteiger charge is -2.31. The molecule has 4 nitrogen and oxygen atoms in total. The zero-order valence-corrected chi connectivity index (χ0v) is 11.2. The molecule has 0 saturated carbocycles. The van der Waals surface area contributed by atoms with Gasteiger partial charge in [0.2, 0.25) is 0 Å². The third kappa shape index (κ3) is 2.48. The van der Waals surface area contributed by atoms with Crippen molar-refractivity contribution in [3.63, 3.8) is 0 Å². The van der Waals surface area contributed by atoms with Crippen molar-refractivity contribution in [3.05, 3.63) is 30.3 Å². The highest BCUT2D eigenvalue weighted by Gasteiger charge is 2.29. The van der Waals surface area contributed by atoms with Gasteiger partial charge in [-0.2, -0.15) is 10.1 Å². The van der Waals surface area contributed by atoms with E-state index in [2.05, 4.69) is 16.9 Å². The van der Waals surface area contributed by atoms with Gasteiger partial charge in [-0.05, 0) is 30.9 Å². The van der Waals surface area contributed by atoms with Crippen LogP contribution in [-0.2, 0) is 4.79 Å². The topological polar surface area (TPSA) is 35.9 Å². The molecule has 1 aromatic carbocycles. The number of nitrogens with zero attached hydrogens (tertiary/aromatic N) is 3. The summed E-state index contributed by atoms with van der Waals surface area (Å²) in [6, 6.07) is 9.64. The largest absolute Gasteiger partial charge is 0.358 e. The van der Waals surface area contributed by atoms with Gasteiger partial charge in [0, 0.05) is 13.1 Å². The average Bonchev–Trinajstić information content (AvgIpc) is 2.83. The molecule has 1 saturated heterocycles. The molecule has 1 fully saturated rings. The number of carbonyl (C=O) groups is 1. The van der Waals surface area contributed by atoms with Crippen LogP contribution in [0.15, 0.2) is 35.4 Å². The second-order valence-corrected chi connectivity index (χ2v) is 5.40. The Hall–Kier alpha value is -1.84. The number of piperidine rings is 1. The van der Waals surface area contributed by atoms with Gasteiger partial charge in [0.05, 0.1) is 12.1 Å². The molecule has 0 aromatic heterocycles. The fourth-order valence-corrected chi connectivity index (χ4v) is 2.63. The molecular formula is C15H19N3O. The van der Waals surface area contributed by atoms with E-state index in [-0.39, 0.29) is 5.91 Å². The molecule has 0 atom stereocenters. The van der Waals surface area contributed by atoms with Crippen molar-refractivity contribution in [1.82, 2.24) is 4.90 Å². The van der Waals surface area contributed by atoms with Crippen LogP contribution in [0.3, 0.4) is 0 Å². The summed E-state index contributed by atoms with van der Waals surface area (Å²) in [6.45, 7) is 4.33. The number of hydrazone groups is 1. The maximum atomic E-state index is 12.1. The van der Waals surface area contributed by atoms with E-state index >= 15 is 0 Å². The Morgan fingerprint density at radius 1 is 1.16 bits per heavy atom. The van der Waals surface area contributed by atoms with Crippen LogP contribution < -0.4 is 5.01 Å². The lowest BCUT2D eigenvalue weighted by molar-refractivity contribution is -0.117. The minimum atomic E-state index is 0.0693. The minimum Gasteiger partial charge on any atom is -0.358 e. The Morgan fingerprint density at radius 3 is 2.53 bits per heavy atom. The van der Waals surface area contributed by atoms with Gasteiger partial charge >= 0.3 is 0 Å². The predicted octanol–water partition coefficient (Wildman–Crippen LogP) is 2.47. The summed E-state index contributed by atoms with van der Waals surface area (Å²) in [5.41, 5.74) is 0.855. The Kier molecular flexibility index (Phi) is 3.23. The van der Waals surface area contributed by atoms with Gasteiger partial charge in [-0.15, -0.1) is 0 Å². The van der Waals surface area contributed by atoms with Crippen molar-refractivity contribution in [1.29, 1.82) is 0 Å². The van der Waals surface area contributed by atoms with Crippen molar-refractivity contribution in [2.24, 2.45) is 11.0 Å². The summed E-state index contributed by atoms with van der Waals surface area (Å²) in [5, 5.41) is 6.05. The summed E-state index contributed by atoms with van der Waals surface area (Å²) in [5.74, 6) is 1.79. The highest BCUT2D eigenvalue weighted by Crippen LogP contribution is 2.23.